The summed E-state index contributed by atoms with van der Waals surface area (Å²) in [6.45, 7) is 15.9. The number of benzene rings is 12. The number of fused-ring (bicyclic) bond motifs is 17. The van der Waals surface area contributed by atoms with E-state index in [-0.39, 0.29) is 16.2 Å². The molecule has 6 heteroatoms. The molecule has 414 valence electrons. The molecule has 6 nitrogen and oxygen atoms in total. The first kappa shape index (κ1) is 49.1. The van der Waals surface area contributed by atoms with Crippen molar-refractivity contribution in [1.29, 1.82) is 0 Å². The first-order chi connectivity index (χ1) is 42.4. The molecule has 0 N–H and O–H groups in total. The summed E-state index contributed by atoms with van der Waals surface area (Å²) in [6, 6.07) is 75.3. The topological polar surface area (TPSA) is 39.3 Å². The van der Waals surface area contributed by atoms with E-state index in [1.165, 1.54) is 164 Å². The van der Waals surface area contributed by atoms with Gasteiger partial charge < -0.3 is 14.2 Å². The number of pyridine rings is 3. The van der Waals surface area contributed by atoms with Gasteiger partial charge in [0.2, 0.25) is 22.6 Å². The zero-order chi connectivity index (χ0) is 58.0. The van der Waals surface area contributed by atoms with Crippen LogP contribution in [0.2, 0.25) is 0 Å². The number of hydrogen-bond donors (Lipinski definition) is 0. The van der Waals surface area contributed by atoms with Gasteiger partial charge in [0.15, 0.2) is 12.4 Å². The van der Waals surface area contributed by atoms with Crippen molar-refractivity contribution in [3.8, 4) is 51.0 Å². The highest BCUT2D eigenvalue weighted by Crippen LogP contribution is 2.59. The van der Waals surface area contributed by atoms with Gasteiger partial charge >= 0.3 is 0 Å². The van der Waals surface area contributed by atoms with Gasteiger partial charge in [-0.3, -0.25) is 0 Å². The highest BCUT2D eigenvalue weighted by molar-refractivity contribution is 6.16. The van der Waals surface area contributed by atoms with Crippen molar-refractivity contribution in [2.24, 2.45) is 0 Å². The average molecular weight is 1120 g/mol. The largest absolute Gasteiger partial charge is 0.435 e. The van der Waals surface area contributed by atoms with Crippen LogP contribution >= 0.6 is 0 Å². The Labute approximate surface area is 503 Å². The summed E-state index contributed by atoms with van der Waals surface area (Å²) in [6.07, 6.45) is 4.37. The smallest absolute Gasteiger partial charge is 0.293 e. The molecule has 3 aliphatic carbocycles. The van der Waals surface area contributed by atoms with Gasteiger partial charge in [-0.25, -0.2) is 0 Å². The Hall–Kier alpha value is -10.2. The minimum absolute atomic E-state index is 0.0297. The molecule has 6 aliphatic rings. The summed E-state index contributed by atoms with van der Waals surface area (Å²) in [5, 5.41) is 22.0. The van der Waals surface area contributed by atoms with Crippen molar-refractivity contribution >= 4 is 97.1 Å². The normalized spacial score (nSPS) is 15.7. The van der Waals surface area contributed by atoms with Crippen LogP contribution < -0.4 is 27.9 Å². The van der Waals surface area contributed by atoms with Crippen molar-refractivity contribution in [3.63, 3.8) is 0 Å². The van der Waals surface area contributed by atoms with Crippen molar-refractivity contribution in [2.45, 2.75) is 78.0 Å². The predicted octanol–water partition coefficient (Wildman–Crippen LogP) is 18.3. The Morgan fingerprint density at radius 1 is 0.299 bits per heavy atom. The first-order valence-electron chi connectivity index (χ1n) is 30.7. The van der Waals surface area contributed by atoms with Crippen molar-refractivity contribution in [3.05, 3.63) is 252 Å². The van der Waals surface area contributed by atoms with Gasteiger partial charge in [-0.05, 0) is 140 Å². The Kier molecular flexibility index (Phi) is 9.63. The first-order valence-corrected chi connectivity index (χ1v) is 30.7. The Balaban J connectivity index is 0.0000000960. The van der Waals surface area contributed by atoms with E-state index in [1.807, 2.05) is 0 Å². The van der Waals surface area contributed by atoms with Crippen LogP contribution in [0.5, 0.6) is 17.2 Å². The molecule has 0 fully saturated rings. The fourth-order valence-corrected chi connectivity index (χ4v) is 16.9. The molecule has 0 unspecified atom stereocenters. The van der Waals surface area contributed by atoms with E-state index in [4.69, 9.17) is 14.2 Å². The van der Waals surface area contributed by atoms with Crippen LogP contribution in [0.15, 0.2) is 219 Å². The molecule has 0 saturated heterocycles. The number of rotatable bonds is 0. The fourth-order valence-electron chi connectivity index (χ4n) is 16.9. The quantitative estimate of drug-likeness (QED) is 0.0863. The third-order valence-electron chi connectivity index (χ3n) is 20.8. The zero-order valence-corrected chi connectivity index (χ0v) is 49.5. The van der Waals surface area contributed by atoms with E-state index >= 15 is 0 Å². The second-order valence-electron chi connectivity index (χ2n) is 26.5. The molecule has 0 bridgehead atoms. The van der Waals surface area contributed by atoms with Crippen molar-refractivity contribution in [1.82, 2.24) is 0 Å². The standard InChI is InChI=1S/C31H22NO.C27H20NO.C23H18NO/c1-31(2)25-14-21-13-19-8-3-4-9-20(19)15-26(21)32-17-33-27-16-24-22-10-6-5-7-18(22)11-12-23(24)29(31)28(27)30(25)32;1-27(2)24-20-12-11-16-7-3-5-9-18(16)21(20)13-22-23(24)26-25(27)19-10-6-4-8-17(19)14-28(26)15-29-22;1-23(2)18-8-5-11-24-13-25-19-12-17-15-7-4-3-6-14(15)9-10-16(17)21(23)20(19)22(18)24/h3-16H,17H2,1-2H3;3-14H,15H2,1-2H3;3-12H,13H2,1-2H3/q3*+1. The highest BCUT2D eigenvalue weighted by atomic mass is 16.5. The number of aromatic nitrogens is 3. The lowest BCUT2D eigenvalue weighted by molar-refractivity contribution is -0.717. The van der Waals surface area contributed by atoms with Crippen LogP contribution in [-0.2, 0) is 36.4 Å². The molecule has 6 heterocycles. The molecule has 12 aromatic carbocycles. The molecule has 0 spiro atoms. The van der Waals surface area contributed by atoms with Gasteiger partial charge in [-0.1, -0.05) is 193 Å². The zero-order valence-electron chi connectivity index (χ0n) is 49.5. The van der Waals surface area contributed by atoms with Crippen LogP contribution in [0.25, 0.3) is 131 Å². The summed E-state index contributed by atoms with van der Waals surface area (Å²) in [4.78, 5) is 0. The van der Waals surface area contributed by atoms with Gasteiger partial charge in [0, 0.05) is 55.8 Å². The minimum atomic E-state index is -0.114. The lowest BCUT2D eigenvalue weighted by atomic mass is 9.78. The molecule has 15 aromatic rings. The Bertz CT molecular complexity index is 5700. The van der Waals surface area contributed by atoms with Crippen LogP contribution in [0, 0.1) is 0 Å². The second-order valence-corrected chi connectivity index (χ2v) is 26.5. The van der Waals surface area contributed by atoms with Crippen molar-refractivity contribution in [2.75, 3.05) is 0 Å². The number of hydrogen-bond acceptors (Lipinski definition) is 3. The van der Waals surface area contributed by atoms with Crippen molar-refractivity contribution < 1.29 is 27.9 Å². The molecule has 21 rings (SSSR count). The Morgan fingerprint density at radius 2 is 0.747 bits per heavy atom. The molecule has 0 atom stereocenters. The summed E-state index contributed by atoms with van der Waals surface area (Å²) < 4.78 is 25.9. The molecule has 0 amide bonds. The maximum absolute atomic E-state index is 6.50. The molecule has 3 aliphatic heterocycles. The third kappa shape index (κ3) is 6.47. The molecule has 0 saturated carbocycles. The van der Waals surface area contributed by atoms with E-state index < -0.39 is 0 Å². The average Bonchev–Trinajstić information content (AvgIpc) is 1.58. The van der Waals surface area contributed by atoms with Gasteiger partial charge in [0.05, 0.1) is 16.7 Å². The van der Waals surface area contributed by atoms with Crippen LogP contribution in [0.4, 0.5) is 0 Å². The summed E-state index contributed by atoms with van der Waals surface area (Å²) in [5.74, 6) is 3.06. The lowest BCUT2D eigenvalue weighted by Gasteiger charge is -2.23. The monoisotopic (exact) mass is 1120 g/mol. The lowest BCUT2D eigenvalue weighted by Crippen LogP contribution is -2.42. The molecular weight excluding hydrogens is 1060 g/mol. The van der Waals surface area contributed by atoms with E-state index in [0.717, 1.165) is 17.2 Å². The van der Waals surface area contributed by atoms with Gasteiger partial charge in [-0.2, -0.15) is 13.7 Å². The summed E-state index contributed by atoms with van der Waals surface area (Å²) in [5.41, 5.74) is 17.2. The van der Waals surface area contributed by atoms with E-state index in [2.05, 4.69) is 274 Å². The summed E-state index contributed by atoms with van der Waals surface area (Å²) in [7, 11) is 0. The molecule has 0 radical (unpaired) electrons. The van der Waals surface area contributed by atoms with E-state index in [1.54, 1.807) is 0 Å². The molecular formula is C81H60N3O3+3. The minimum Gasteiger partial charge on any atom is -0.435 e. The molecule has 3 aromatic heterocycles. The molecule has 87 heavy (non-hydrogen) atoms. The summed E-state index contributed by atoms with van der Waals surface area (Å²) >= 11 is 0. The predicted molar refractivity (Wildman–Crippen MR) is 352 cm³/mol. The maximum Gasteiger partial charge on any atom is 0.293 e. The van der Waals surface area contributed by atoms with Crippen LogP contribution in [-0.4, -0.2) is 0 Å². The second kappa shape index (κ2) is 17.0. The Morgan fingerprint density at radius 3 is 1.32 bits per heavy atom. The van der Waals surface area contributed by atoms with Gasteiger partial charge in [0.25, 0.3) is 20.2 Å². The van der Waals surface area contributed by atoms with Gasteiger partial charge in [0.1, 0.15) is 17.2 Å². The number of ether oxygens (including phenoxy) is 3. The highest BCUT2D eigenvalue weighted by Gasteiger charge is 2.50. The number of nitrogens with zero attached hydrogens (tertiary/aromatic N) is 3. The maximum atomic E-state index is 6.50. The van der Waals surface area contributed by atoms with Crippen LogP contribution in [0.1, 0.15) is 74.9 Å². The van der Waals surface area contributed by atoms with E-state index in [0.29, 0.717) is 20.2 Å². The van der Waals surface area contributed by atoms with Crippen LogP contribution in [0.3, 0.4) is 0 Å². The van der Waals surface area contributed by atoms with E-state index in [9.17, 15) is 0 Å². The SMILES string of the molecule is CC1(C)c2c3[n+](cc4ccccc24)COc2cc4c(ccc5ccccc54)c1c2-3.CC1(C)c2cc3cc4ccccc4cc3[n+]3c2-c2c(cc4c(ccc5ccccc54)c21)OC3.CC1(C)c2ccc[n+]3c2-c2c(cc4c(ccc5ccccc54)c21)OC3. The van der Waals surface area contributed by atoms with Gasteiger partial charge in [-0.15, -0.1) is 0 Å². The fraction of sp³-hybridized carbons (Fsp3) is 0.148. The third-order valence-corrected chi connectivity index (χ3v) is 20.8.